The fourth-order valence-electron chi connectivity index (χ4n) is 2.08. The predicted octanol–water partition coefficient (Wildman–Crippen LogP) is 2.67. The number of aryl methyl sites for hydroxylation is 1. The molecule has 3 N–H and O–H groups in total. The van der Waals surface area contributed by atoms with E-state index in [0.29, 0.717) is 11.8 Å². The standard InChI is InChI=1S/C14H15BrN6/c15-10-8-18-21(9-10)7-3-6-17-14-19-12-5-2-1-4-11(12)13(16)20-14/h1-2,4-5,8-9H,3,6-7H2,(H3,16,17,19,20). The SMILES string of the molecule is Nc1nc(NCCCn2cc(Br)cn2)nc2ccccc12. The summed E-state index contributed by atoms with van der Waals surface area (Å²) in [6.45, 7) is 1.59. The molecule has 21 heavy (non-hydrogen) atoms. The van der Waals surface area contributed by atoms with Gasteiger partial charge in [0.1, 0.15) is 5.82 Å². The summed E-state index contributed by atoms with van der Waals surface area (Å²) in [5, 5.41) is 8.28. The molecule has 6 nitrogen and oxygen atoms in total. The number of anilines is 2. The second-order valence-corrected chi connectivity index (χ2v) is 5.57. The number of aromatic nitrogens is 4. The number of benzene rings is 1. The Bertz CT molecular complexity index is 754. The maximum absolute atomic E-state index is 5.94. The Morgan fingerprint density at radius 2 is 2.10 bits per heavy atom. The van der Waals surface area contributed by atoms with Gasteiger partial charge in [0.05, 0.1) is 16.2 Å². The molecule has 1 aromatic carbocycles. The number of hydrogen-bond donors (Lipinski definition) is 2. The number of hydrogen-bond acceptors (Lipinski definition) is 5. The molecule has 7 heteroatoms. The van der Waals surface area contributed by atoms with Gasteiger partial charge in [0, 0.05) is 24.7 Å². The molecule has 0 aliphatic carbocycles. The topological polar surface area (TPSA) is 81.6 Å². The molecule has 0 bridgehead atoms. The molecule has 0 aliphatic heterocycles. The number of para-hydroxylation sites is 1. The number of nitrogen functional groups attached to an aromatic ring is 1. The van der Waals surface area contributed by atoms with Crippen molar-refractivity contribution in [3.05, 3.63) is 41.1 Å². The van der Waals surface area contributed by atoms with Crippen LogP contribution in [-0.2, 0) is 6.54 Å². The smallest absolute Gasteiger partial charge is 0.225 e. The minimum atomic E-state index is 0.499. The van der Waals surface area contributed by atoms with Gasteiger partial charge in [0.2, 0.25) is 5.95 Å². The van der Waals surface area contributed by atoms with E-state index >= 15 is 0 Å². The minimum absolute atomic E-state index is 0.499. The van der Waals surface area contributed by atoms with Crippen molar-refractivity contribution in [2.75, 3.05) is 17.6 Å². The van der Waals surface area contributed by atoms with Crippen LogP contribution in [0.5, 0.6) is 0 Å². The second-order valence-electron chi connectivity index (χ2n) is 4.65. The molecule has 0 spiro atoms. The van der Waals surface area contributed by atoms with Crippen molar-refractivity contribution in [2.45, 2.75) is 13.0 Å². The third kappa shape index (κ3) is 3.30. The molecule has 0 atom stereocenters. The Morgan fingerprint density at radius 1 is 1.24 bits per heavy atom. The van der Waals surface area contributed by atoms with Crippen LogP contribution in [0.4, 0.5) is 11.8 Å². The summed E-state index contributed by atoms with van der Waals surface area (Å²) in [4.78, 5) is 8.73. The fraction of sp³-hybridized carbons (Fsp3) is 0.214. The van der Waals surface area contributed by atoms with Crippen molar-refractivity contribution in [1.29, 1.82) is 0 Å². The van der Waals surface area contributed by atoms with Crippen LogP contribution < -0.4 is 11.1 Å². The number of nitrogens with two attached hydrogens (primary N) is 1. The molecule has 108 valence electrons. The van der Waals surface area contributed by atoms with E-state index in [1.165, 1.54) is 0 Å². The van der Waals surface area contributed by atoms with Gasteiger partial charge in [-0.05, 0) is 34.5 Å². The summed E-state index contributed by atoms with van der Waals surface area (Å²) in [5.74, 6) is 1.06. The number of fused-ring (bicyclic) bond motifs is 1. The zero-order valence-corrected chi connectivity index (χ0v) is 12.9. The lowest BCUT2D eigenvalue weighted by Gasteiger charge is -2.07. The molecule has 0 amide bonds. The Balaban J connectivity index is 1.60. The molecule has 0 saturated heterocycles. The van der Waals surface area contributed by atoms with Crippen LogP contribution in [-0.4, -0.2) is 26.3 Å². The molecule has 0 saturated carbocycles. The Morgan fingerprint density at radius 3 is 2.90 bits per heavy atom. The highest BCUT2D eigenvalue weighted by molar-refractivity contribution is 9.10. The first-order valence-corrected chi connectivity index (χ1v) is 7.46. The molecule has 0 aliphatic rings. The Hall–Kier alpha value is -2.15. The van der Waals surface area contributed by atoms with E-state index in [2.05, 4.69) is 36.3 Å². The molecular formula is C14H15BrN6. The van der Waals surface area contributed by atoms with Crippen molar-refractivity contribution in [2.24, 2.45) is 0 Å². The van der Waals surface area contributed by atoms with Crippen LogP contribution in [0, 0.1) is 0 Å². The third-order valence-electron chi connectivity index (χ3n) is 3.08. The van der Waals surface area contributed by atoms with E-state index in [0.717, 1.165) is 34.9 Å². The predicted molar refractivity (Wildman–Crippen MR) is 87.0 cm³/mol. The first-order chi connectivity index (χ1) is 10.2. The molecule has 0 radical (unpaired) electrons. The first kappa shape index (κ1) is 13.8. The molecule has 3 rings (SSSR count). The van der Waals surface area contributed by atoms with E-state index in [4.69, 9.17) is 5.73 Å². The van der Waals surface area contributed by atoms with Crippen LogP contribution >= 0.6 is 15.9 Å². The Kier molecular flexibility index (Phi) is 4.01. The summed E-state index contributed by atoms with van der Waals surface area (Å²) in [7, 11) is 0. The number of nitrogens with one attached hydrogen (secondary N) is 1. The Labute approximate surface area is 130 Å². The quantitative estimate of drug-likeness (QED) is 0.694. The summed E-state index contributed by atoms with van der Waals surface area (Å²) >= 11 is 3.38. The molecule has 3 aromatic rings. The van der Waals surface area contributed by atoms with Crippen LogP contribution in [0.3, 0.4) is 0 Å². The van der Waals surface area contributed by atoms with E-state index in [-0.39, 0.29) is 0 Å². The number of nitrogens with zero attached hydrogens (tertiary/aromatic N) is 4. The molecule has 0 unspecified atom stereocenters. The molecule has 2 heterocycles. The highest BCUT2D eigenvalue weighted by Crippen LogP contribution is 2.18. The van der Waals surface area contributed by atoms with Gasteiger partial charge < -0.3 is 11.1 Å². The van der Waals surface area contributed by atoms with Crippen molar-refractivity contribution >= 4 is 38.6 Å². The highest BCUT2D eigenvalue weighted by atomic mass is 79.9. The van der Waals surface area contributed by atoms with E-state index < -0.39 is 0 Å². The normalized spacial score (nSPS) is 10.9. The second kappa shape index (κ2) is 6.09. The maximum atomic E-state index is 5.94. The summed E-state index contributed by atoms with van der Waals surface area (Å²) < 4.78 is 2.88. The highest BCUT2D eigenvalue weighted by Gasteiger charge is 2.04. The van der Waals surface area contributed by atoms with Gasteiger partial charge in [-0.3, -0.25) is 4.68 Å². The summed E-state index contributed by atoms with van der Waals surface area (Å²) in [5.41, 5.74) is 6.80. The van der Waals surface area contributed by atoms with Gasteiger partial charge in [-0.25, -0.2) is 4.98 Å². The van der Waals surface area contributed by atoms with Crippen LogP contribution in [0.2, 0.25) is 0 Å². The van der Waals surface area contributed by atoms with E-state index in [1.807, 2.05) is 35.1 Å². The zero-order valence-electron chi connectivity index (χ0n) is 11.3. The largest absolute Gasteiger partial charge is 0.383 e. The lowest BCUT2D eigenvalue weighted by atomic mass is 10.2. The molecular weight excluding hydrogens is 332 g/mol. The third-order valence-corrected chi connectivity index (χ3v) is 3.49. The first-order valence-electron chi connectivity index (χ1n) is 6.66. The van der Waals surface area contributed by atoms with Crippen LogP contribution in [0.25, 0.3) is 10.9 Å². The van der Waals surface area contributed by atoms with Gasteiger partial charge in [-0.15, -0.1) is 0 Å². The van der Waals surface area contributed by atoms with Crippen molar-refractivity contribution < 1.29 is 0 Å². The number of rotatable bonds is 5. The van der Waals surface area contributed by atoms with Crippen LogP contribution in [0.15, 0.2) is 41.1 Å². The van der Waals surface area contributed by atoms with Crippen molar-refractivity contribution in [3.8, 4) is 0 Å². The van der Waals surface area contributed by atoms with Gasteiger partial charge in [0.15, 0.2) is 0 Å². The maximum Gasteiger partial charge on any atom is 0.225 e. The summed E-state index contributed by atoms with van der Waals surface area (Å²) in [6, 6.07) is 7.72. The van der Waals surface area contributed by atoms with Crippen molar-refractivity contribution in [3.63, 3.8) is 0 Å². The minimum Gasteiger partial charge on any atom is -0.383 e. The van der Waals surface area contributed by atoms with Gasteiger partial charge >= 0.3 is 0 Å². The number of halogens is 1. The van der Waals surface area contributed by atoms with E-state index in [1.54, 1.807) is 6.20 Å². The fourth-order valence-corrected chi connectivity index (χ4v) is 2.41. The average Bonchev–Trinajstić information content (AvgIpc) is 2.89. The van der Waals surface area contributed by atoms with Crippen LogP contribution in [0.1, 0.15) is 6.42 Å². The molecule has 0 fully saturated rings. The average molecular weight is 347 g/mol. The van der Waals surface area contributed by atoms with Gasteiger partial charge in [-0.2, -0.15) is 10.1 Å². The lowest BCUT2D eigenvalue weighted by Crippen LogP contribution is -2.10. The van der Waals surface area contributed by atoms with Gasteiger partial charge in [-0.1, -0.05) is 12.1 Å². The van der Waals surface area contributed by atoms with Crippen molar-refractivity contribution in [1.82, 2.24) is 19.7 Å². The summed E-state index contributed by atoms with van der Waals surface area (Å²) in [6.07, 6.45) is 4.65. The zero-order chi connectivity index (χ0) is 14.7. The monoisotopic (exact) mass is 346 g/mol. The lowest BCUT2D eigenvalue weighted by molar-refractivity contribution is 0.591. The van der Waals surface area contributed by atoms with E-state index in [9.17, 15) is 0 Å². The van der Waals surface area contributed by atoms with Gasteiger partial charge in [0.25, 0.3) is 0 Å². The molecule has 2 aromatic heterocycles.